The van der Waals surface area contributed by atoms with E-state index in [1.165, 1.54) is 23.9 Å². The molecular weight excluding hydrogens is 372 g/mol. The van der Waals surface area contributed by atoms with Gasteiger partial charge in [-0.15, -0.1) is 11.8 Å². The highest BCUT2D eigenvalue weighted by atomic mass is 32.2. The quantitative estimate of drug-likeness (QED) is 0.343. The van der Waals surface area contributed by atoms with Crippen molar-refractivity contribution in [3.8, 4) is 0 Å². The van der Waals surface area contributed by atoms with E-state index in [1.807, 2.05) is 61.5 Å². The first kappa shape index (κ1) is 18.3. The number of aryl methyl sites for hydroxylation is 1. The van der Waals surface area contributed by atoms with Crippen molar-refractivity contribution in [2.75, 3.05) is 4.90 Å². The van der Waals surface area contributed by atoms with Gasteiger partial charge in [-0.2, -0.15) is 0 Å². The topological polar surface area (TPSA) is 63.5 Å². The van der Waals surface area contributed by atoms with Crippen molar-refractivity contribution >= 4 is 29.0 Å². The zero-order valence-corrected chi connectivity index (χ0v) is 16.0. The molecule has 0 aliphatic carbocycles. The molecule has 1 fully saturated rings. The third-order valence-corrected chi connectivity index (χ3v) is 6.07. The maximum atomic E-state index is 13.0. The van der Waals surface area contributed by atoms with Crippen LogP contribution in [0.15, 0.2) is 83.8 Å². The van der Waals surface area contributed by atoms with Crippen LogP contribution in [0.25, 0.3) is 0 Å². The van der Waals surface area contributed by atoms with E-state index in [-0.39, 0.29) is 22.9 Å². The lowest BCUT2D eigenvalue weighted by atomic mass is 9.92. The average Bonchev–Trinajstić information content (AvgIpc) is 2.72. The molecule has 0 saturated carbocycles. The van der Waals surface area contributed by atoms with E-state index in [0.29, 0.717) is 0 Å². The van der Waals surface area contributed by atoms with E-state index in [0.717, 1.165) is 21.7 Å². The number of nitro groups is 1. The number of carbonyl (C=O) groups is 1. The summed E-state index contributed by atoms with van der Waals surface area (Å²) in [4.78, 5) is 26.4. The van der Waals surface area contributed by atoms with E-state index >= 15 is 0 Å². The molecule has 3 aromatic carbocycles. The van der Waals surface area contributed by atoms with Crippen LogP contribution >= 0.6 is 11.8 Å². The Bertz CT molecular complexity index is 1000. The van der Waals surface area contributed by atoms with Gasteiger partial charge in [0.15, 0.2) is 0 Å². The maximum absolute atomic E-state index is 13.0. The molecule has 1 heterocycles. The summed E-state index contributed by atoms with van der Waals surface area (Å²) in [7, 11) is 0. The Balaban J connectivity index is 1.69. The van der Waals surface area contributed by atoms with E-state index in [9.17, 15) is 14.9 Å². The summed E-state index contributed by atoms with van der Waals surface area (Å²) in [6.45, 7) is 2.00. The van der Waals surface area contributed by atoms with Gasteiger partial charge in [-0.3, -0.25) is 14.9 Å². The van der Waals surface area contributed by atoms with Crippen LogP contribution in [-0.4, -0.2) is 16.1 Å². The van der Waals surface area contributed by atoms with Crippen molar-refractivity contribution in [2.24, 2.45) is 0 Å². The summed E-state index contributed by atoms with van der Waals surface area (Å²) in [6.07, 6.45) is 0. The summed E-state index contributed by atoms with van der Waals surface area (Å²) < 4.78 is 0. The molecule has 1 aliphatic rings. The second-order valence-corrected chi connectivity index (χ2v) is 7.90. The van der Waals surface area contributed by atoms with Gasteiger partial charge in [0.05, 0.1) is 11.0 Å². The predicted octanol–water partition coefficient (Wildman–Crippen LogP) is 5.15. The van der Waals surface area contributed by atoms with Crippen LogP contribution in [0, 0.1) is 17.0 Å². The first-order valence-corrected chi connectivity index (χ1v) is 9.78. The standard InChI is InChI=1S/C22H18N2O3S/c1-15-7-11-17(12-8-15)23-20(16-9-13-18(14-10-16)24(26)27)21(22(23)25)28-19-5-3-2-4-6-19/h2-14,20-21H,1H3/t20-,21-/m1/s1. The molecule has 0 aromatic heterocycles. The largest absolute Gasteiger partial charge is 0.302 e. The molecule has 1 amide bonds. The fourth-order valence-electron chi connectivity index (χ4n) is 3.33. The molecule has 2 atom stereocenters. The second kappa shape index (κ2) is 7.48. The molecule has 1 aliphatic heterocycles. The lowest BCUT2D eigenvalue weighted by Gasteiger charge is -2.47. The number of hydrogen-bond acceptors (Lipinski definition) is 4. The molecular formula is C22H18N2O3S. The number of anilines is 1. The Kier molecular flexibility index (Phi) is 4.88. The number of non-ortho nitro benzene ring substituents is 1. The highest BCUT2D eigenvalue weighted by Gasteiger charge is 2.49. The highest BCUT2D eigenvalue weighted by Crippen LogP contribution is 2.47. The van der Waals surface area contributed by atoms with Crippen molar-refractivity contribution in [2.45, 2.75) is 23.1 Å². The van der Waals surface area contributed by atoms with Gasteiger partial charge in [0.2, 0.25) is 5.91 Å². The number of thioether (sulfide) groups is 1. The number of nitrogens with zero attached hydrogens (tertiary/aromatic N) is 2. The monoisotopic (exact) mass is 390 g/mol. The third-order valence-electron chi connectivity index (χ3n) is 4.81. The number of rotatable bonds is 5. The van der Waals surface area contributed by atoms with Crippen molar-refractivity contribution in [1.82, 2.24) is 0 Å². The number of amides is 1. The molecule has 5 nitrogen and oxygen atoms in total. The minimum Gasteiger partial charge on any atom is -0.302 e. The van der Waals surface area contributed by atoms with Crippen LogP contribution < -0.4 is 4.90 Å². The summed E-state index contributed by atoms with van der Waals surface area (Å²) in [6, 6.07) is 24.0. The molecule has 0 unspecified atom stereocenters. The van der Waals surface area contributed by atoms with Crippen LogP contribution in [-0.2, 0) is 4.79 Å². The molecule has 1 saturated heterocycles. The smallest absolute Gasteiger partial charge is 0.269 e. The molecule has 28 heavy (non-hydrogen) atoms. The molecule has 0 N–H and O–H groups in total. The molecule has 0 bridgehead atoms. The van der Waals surface area contributed by atoms with Gasteiger partial charge >= 0.3 is 0 Å². The van der Waals surface area contributed by atoms with E-state index in [1.54, 1.807) is 17.0 Å². The van der Waals surface area contributed by atoms with Crippen molar-refractivity contribution in [3.05, 3.63) is 100 Å². The van der Waals surface area contributed by atoms with E-state index in [2.05, 4.69) is 0 Å². The lowest BCUT2D eigenvalue weighted by molar-refractivity contribution is -0.384. The average molecular weight is 390 g/mol. The fourth-order valence-corrected chi connectivity index (χ4v) is 4.56. The number of hydrogen-bond donors (Lipinski definition) is 0. The van der Waals surface area contributed by atoms with E-state index in [4.69, 9.17) is 0 Å². The summed E-state index contributed by atoms with van der Waals surface area (Å²) in [5, 5.41) is 10.7. The molecule has 0 radical (unpaired) electrons. The summed E-state index contributed by atoms with van der Waals surface area (Å²) >= 11 is 1.53. The third kappa shape index (κ3) is 3.39. The SMILES string of the molecule is Cc1ccc(N2C(=O)[C@H](Sc3ccccc3)[C@H]2c2ccc([N+](=O)[O-])cc2)cc1. The van der Waals surface area contributed by atoms with Gasteiger partial charge in [0, 0.05) is 22.7 Å². The fraction of sp³-hybridized carbons (Fsp3) is 0.136. The zero-order chi connectivity index (χ0) is 19.7. The Morgan fingerprint density at radius 2 is 1.57 bits per heavy atom. The normalized spacial score (nSPS) is 18.6. The molecule has 140 valence electrons. The van der Waals surface area contributed by atoms with Crippen LogP contribution in [0.2, 0.25) is 0 Å². The van der Waals surface area contributed by atoms with Gasteiger partial charge in [-0.1, -0.05) is 48.0 Å². The molecule has 6 heteroatoms. The Morgan fingerprint density at radius 3 is 2.18 bits per heavy atom. The lowest BCUT2D eigenvalue weighted by Crippen LogP contribution is -2.57. The second-order valence-electron chi connectivity index (χ2n) is 6.69. The molecule has 4 rings (SSSR count). The van der Waals surface area contributed by atoms with Gasteiger partial charge in [0.25, 0.3) is 5.69 Å². The van der Waals surface area contributed by atoms with Gasteiger partial charge < -0.3 is 4.90 Å². The first-order valence-electron chi connectivity index (χ1n) is 8.90. The Morgan fingerprint density at radius 1 is 0.929 bits per heavy atom. The van der Waals surface area contributed by atoms with Crippen LogP contribution in [0.1, 0.15) is 17.2 Å². The van der Waals surface area contributed by atoms with Crippen molar-refractivity contribution in [1.29, 1.82) is 0 Å². The van der Waals surface area contributed by atoms with E-state index < -0.39 is 4.92 Å². The minimum absolute atomic E-state index is 0.0426. The van der Waals surface area contributed by atoms with Crippen molar-refractivity contribution < 1.29 is 9.72 Å². The number of carbonyl (C=O) groups excluding carboxylic acids is 1. The number of nitro benzene ring substituents is 1. The van der Waals surface area contributed by atoms with Crippen LogP contribution in [0.5, 0.6) is 0 Å². The first-order chi connectivity index (χ1) is 13.5. The number of β-lactam (4-membered cyclic amide) rings is 1. The Labute approximate surface area is 167 Å². The zero-order valence-electron chi connectivity index (χ0n) is 15.2. The Hall–Kier alpha value is -3.12. The summed E-state index contributed by atoms with van der Waals surface area (Å²) in [5.41, 5.74) is 2.89. The minimum atomic E-state index is -0.413. The van der Waals surface area contributed by atoms with Crippen LogP contribution in [0.3, 0.4) is 0 Å². The molecule has 0 spiro atoms. The van der Waals surface area contributed by atoms with Gasteiger partial charge in [-0.05, 0) is 36.8 Å². The summed E-state index contributed by atoms with van der Waals surface area (Å²) in [5.74, 6) is 0.0426. The highest BCUT2D eigenvalue weighted by molar-refractivity contribution is 8.00. The molecule has 3 aromatic rings. The predicted molar refractivity (Wildman–Crippen MR) is 111 cm³/mol. The van der Waals surface area contributed by atoms with Crippen molar-refractivity contribution in [3.63, 3.8) is 0 Å². The van der Waals surface area contributed by atoms with Gasteiger partial charge in [0.1, 0.15) is 5.25 Å². The maximum Gasteiger partial charge on any atom is 0.269 e. The van der Waals surface area contributed by atoms with Gasteiger partial charge in [-0.25, -0.2) is 0 Å². The van der Waals surface area contributed by atoms with Crippen LogP contribution in [0.4, 0.5) is 11.4 Å². The number of benzene rings is 3.